The number of anilines is 1. The molecule has 2 aliphatic heterocycles. The minimum absolute atomic E-state index is 0.0785. The van der Waals surface area contributed by atoms with Gasteiger partial charge < -0.3 is 25.0 Å². The van der Waals surface area contributed by atoms with Crippen LogP contribution < -0.4 is 20.1 Å². The smallest absolute Gasteiger partial charge is 0.322 e. The van der Waals surface area contributed by atoms with Crippen LogP contribution in [0.2, 0.25) is 0 Å². The fourth-order valence-corrected chi connectivity index (χ4v) is 3.59. The first-order chi connectivity index (χ1) is 13.2. The van der Waals surface area contributed by atoms with Gasteiger partial charge in [0, 0.05) is 18.8 Å². The van der Waals surface area contributed by atoms with Gasteiger partial charge in [-0.15, -0.1) is 0 Å². The molecule has 142 valence electrons. The third-order valence-corrected chi connectivity index (χ3v) is 5.01. The highest BCUT2D eigenvalue weighted by Gasteiger charge is 2.23. The van der Waals surface area contributed by atoms with Gasteiger partial charge in [-0.2, -0.15) is 0 Å². The summed E-state index contributed by atoms with van der Waals surface area (Å²) in [5, 5.41) is 6.42. The number of carbonyl (C=O) groups is 1. The van der Waals surface area contributed by atoms with Crippen molar-refractivity contribution in [2.45, 2.75) is 19.9 Å². The molecular weight excluding hydrogens is 342 g/mol. The Labute approximate surface area is 159 Å². The van der Waals surface area contributed by atoms with Crippen LogP contribution in [0.5, 0.6) is 11.5 Å². The summed E-state index contributed by atoms with van der Waals surface area (Å²) in [6.07, 6.45) is 1.09. The van der Waals surface area contributed by atoms with Crippen molar-refractivity contribution in [3.63, 3.8) is 0 Å². The number of amides is 2. The third-order valence-electron chi connectivity index (χ3n) is 5.01. The second-order valence-corrected chi connectivity index (χ2v) is 7.23. The van der Waals surface area contributed by atoms with Gasteiger partial charge in [-0.3, -0.25) is 0 Å². The monoisotopic (exact) mass is 367 g/mol. The lowest BCUT2D eigenvalue weighted by molar-refractivity contribution is 0.173. The summed E-state index contributed by atoms with van der Waals surface area (Å²) in [6.45, 7) is 5.50. The predicted octanol–water partition coefficient (Wildman–Crippen LogP) is 3.37. The Bertz CT molecular complexity index is 818. The molecule has 0 saturated carbocycles. The molecule has 0 radical (unpaired) electrons. The van der Waals surface area contributed by atoms with E-state index in [0.29, 0.717) is 12.5 Å². The maximum absolute atomic E-state index is 13.0. The first-order valence-electron chi connectivity index (χ1n) is 9.39. The molecule has 1 unspecified atom stereocenters. The van der Waals surface area contributed by atoms with Gasteiger partial charge in [-0.25, -0.2) is 4.79 Å². The maximum Gasteiger partial charge on any atom is 0.322 e. The van der Waals surface area contributed by atoms with E-state index in [1.165, 1.54) is 0 Å². The maximum atomic E-state index is 13.0. The van der Waals surface area contributed by atoms with E-state index in [4.69, 9.17) is 9.47 Å². The number of hydrogen-bond donors (Lipinski definition) is 2. The van der Waals surface area contributed by atoms with E-state index in [1.54, 1.807) is 0 Å². The zero-order valence-electron chi connectivity index (χ0n) is 15.5. The van der Waals surface area contributed by atoms with Crippen molar-refractivity contribution in [2.24, 2.45) is 5.92 Å². The van der Waals surface area contributed by atoms with Crippen LogP contribution in [0.15, 0.2) is 42.5 Å². The molecule has 1 saturated heterocycles. The third kappa shape index (κ3) is 4.34. The van der Waals surface area contributed by atoms with Crippen LogP contribution in [0.4, 0.5) is 10.5 Å². The van der Waals surface area contributed by atoms with Crippen molar-refractivity contribution in [3.05, 3.63) is 53.6 Å². The fourth-order valence-electron chi connectivity index (χ4n) is 3.59. The Morgan fingerprint density at radius 2 is 2.11 bits per heavy atom. The second kappa shape index (κ2) is 7.88. The molecule has 2 N–H and O–H groups in total. The van der Waals surface area contributed by atoms with Gasteiger partial charge in [0.15, 0.2) is 11.5 Å². The van der Waals surface area contributed by atoms with E-state index in [0.717, 1.165) is 54.4 Å². The standard InChI is InChI=1S/C21H25N3O3/c1-15-3-2-4-18(9-15)23-21(25)24(13-17-7-8-22-11-17)12-16-5-6-19-20(10-16)27-14-26-19/h2-6,9-10,17,22H,7-8,11-14H2,1H3,(H,23,25). The first kappa shape index (κ1) is 17.7. The molecule has 2 heterocycles. The lowest BCUT2D eigenvalue weighted by Gasteiger charge is -2.26. The molecular formula is C21H25N3O3. The van der Waals surface area contributed by atoms with Crippen molar-refractivity contribution in [2.75, 3.05) is 31.7 Å². The highest BCUT2D eigenvalue weighted by molar-refractivity contribution is 5.89. The number of nitrogens with zero attached hydrogens (tertiary/aromatic N) is 1. The van der Waals surface area contributed by atoms with E-state index in [2.05, 4.69) is 10.6 Å². The van der Waals surface area contributed by atoms with Crippen molar-refractivity contribution >= 4 is 11.7 Å². The number of hydrogen-bond acceptors (Lipinski definition) is 4. The van der Waals surface area contributed by atoms with Gasteiger partial charge in [0.2, 0.25) is 6.79 Å². The van der Waals surface area contributed by atoms with Crippen LogP contribution >= 0.6 is 0 Å². The molecule has 2 aromatic carbocycles. The number of urea groups is 1. The topological polar surface area (TPSA) is 62.8 Å². The quantitative estimate of drug-likeness (QED) is 0.851. The molecule has 4 rings (SSSR count). The van der Waals surface area contributed by atoms with Gasteiger partial charge in [-0.05, 0) is 67.7 Å². The van der Waals surface area contributed by atoms with Crippen molar-refractivity contribution in [3.8, 4) is 11.5 Å². The number of nitrogens with one attached hydrogen (secondary N) is 2. The molecule has 0 aliphatic carbocycles. The highest BCUT2D eigenvalue weighted by Crippen LogP contribution is 2.33. The number of ether oxygens (including phenoxy) is 2. The normalized spacial score (nSPS) is 17.7. The van der Waals surface area contributed by atoms with E-state index < -0.39 is 0 Å². The number of benzene rings is 2. The molecule has 6 heteroatoms. The summed E-state index contributed by atoms with van der Waals surface area (Å²) in [5.74, 6) is 1.98. The minimum atomic E-state index is -0.0785. The van der Waals surface area contributed by atoms with E-state index in [9.17, 15) is 4.79 Å². The van der Waals surface area contributed by atoms with Crippen molar-refractivity contribution in [1.29, 1.82) is 0 Å². The summed E-state index contributed by atoms with van der Waals surface area (Å²) in [6, 6.07) is 13.7. The van der Waals surface area contributed by atoms with Gasteiger partial charge >= 0.3 is 6.03 Å². The van der Waals surface area contributed by atoms with Crippen LogP contribution in [0.25, 0.3) is 0 Å². The summed E-state index contributed by atoms with van der Waals surface area (Å²) < 4.78 is 10.9. The number of carbonyl (C=O) groups excluding carboxylic acids is 1. The zero-order chi connectivity index (χ0) is 18.6. The predicted molar refractivity (Wildman–Crippen MR) is 104 cm³/mol. The zero-order valence-corrected chi connectivity index (χ0v) is 15.5. The molecule has 0 aromatic heterocycles. The Morgan fingerprint density at radius 3 is 2.93 bits per heavy atom. The summed E-state index contributed by atoms with van der Waals surface area (Å²) in [5.41, 5.74) is 2.97. The lowest BCUT2D eigenvalue weighted by atomic mass is 10.1. The van der Waals surface area contributed by atoms with Crippen molar-refractivity contribution < 1.29 is 14.3 Å². The van der Waals surface area contributed by atoms with Crippen molar-refractivity contribution in [1.82, 2.24) is 10.2 Å². The van der Waals surface area contributed by atoms with E-state index >= 15 is 0 Å². The van der Waals surface area contributed by atoms with Gasteiger partial charge in [0.05, 0.1) is 0 Å². The van der Waals surface area contributed by atoms with Crippen LogP contribution in [-0.2, 0) is 6.54 Å². The molecule has 0 spiro atoms. The molecule has 2 aromatic rings. The second-order valence-electron chi connectivity index (χ2n) is 7.23. The average Bonchev–Trinajstić information content (AvgIpc) is 3.32. The highest BCUT2D eigenvalue weighted by atomic mass is 16.7. The summed E-state index contributed by atoms with van der Waals surface area (Å²) in [4.78, 5) is 14.9. The molecule has 1 atom stereocenters. The van der Waals surface area contributed by atoms with Gasteiger partial charge in [0.25, 0.3) is 0 Å². The summed E-state index contributed by atoms with van der Waals surface area (Å²) in [7, 11) is 0. The Hall–Kier alpha value is -2.73. The van der Waals surface area contributed by atoms with Crippen LogP contribution in [0.1, 0.15) is 17.5 Å². The SMILES string of the molecule is Cc1cccc(NC(=O)N(Cc2ccc3c(c2)OCO3)CC2CCNC2)c1. The van der Waals surface area contributed by atoms with E-state index in [1.807, 2.05) is 54.3 Å². The number of rotatable bonds is 5. The Kier molecular flexibility index (Phi) is 5.16. The first-order valence-corrected chi connectivity index (χ1v) is 9.39. The molecule has 0 bridgehead atoms. The van der Waals surface area contributed by atoms with Crippen LogP contribution in [0.3, 0.4) is 0 Å². The summed E-state index contributed by atoms with van der Waals surface area (Å²) >= 11 is 0. The Balaban J connectivity index is 1.49. The lowest BCUT2D eigenvalue weighted by Crippen LogP contribution is -2.38. The molecule has 2 amide bonds. The van der Waals surface area contributed by atoms with Crippen LogP contribution in [-0.4, -0.2) is 37.4 Å². The van der Waals surface area contributed by atoms with Gasteiger partial charge in [0.1, 0.15) is 0 Å². The average molecular weight is 367 g/mol. The molecule has 6 nitrogen and oxygen atoms in total. The number of fused-ring (bicyclic) bond motifs is 1. The van der Waals surface area contributed by atoms with Crippen LogP contribution in [0, 0.1) is 12.8 Å². The molecule has 2 aliphatic rings. The molecule has 1 fully saturated rings. The van der Waals surface area contributed by atoms with E-state index in [-0.39, 0.29) is 12.8 Å². The Morgan fingerprint density at radius 1 is 1.22 bits per heavy atom. The van der Waals surface area contributed by atoms with Gasteiger partial charge in [-0.1, -0.05) is 18.2 Å². The minimum Gasteiger partial charge on any atom is -0.454 e. The fraction of sp³-hybridized carbons (Fsp3) is 0.381. The largest absolute Gasteiger partial charge is 0.454 e. The molecule has 27 heavy (non-hydrogen) atoms. The number of aryl methyl sites for hydroxylation is 1.